The molecule has 1 aliphatic heterocycles. The molecule has 3 aromatic rings. The number of nitrogen functional groups attached to an aromatic ring is 1. The van der Waals surface area contributed by atoms with E-state index in [9.17, 15) is 4.79 Å². The van der Waals surface area contributed by atoms with Crippen LogP contribution in [0.15, 0.2) is 24.4 Å². The summed E-state index contributed by atoms with van der Waals surface area (Å²) in [5, 5.41) is 14.0. The molecule has 2 aromatic heterocycles. The molecule has 0 fully saturated rings. The van der Waals surface area contributed by atoms with Gasteiger partial charge in [0.15, 0.2) is 17.2 Å². The zero-order valence-corrected chi connectivity index (χ0v) is 16.4. The second-order valence-electron chi connectivity index (χ2n) is 6.78. The number of cyclic esters (lactones) is 1. The molecule has 4 bridgehead atoms. The van der Waals surface area contributed by atoms with Gasteiger partial charge in [-0.25, -0.2) is 14.3 Å². The lowest BCUT2D eigenvalue weighted by Crippen LogP contribution is -2.22. The number of fused-ring (bicyclic) bond motifs is 3. The van der Waals surface area contributed by atoms with Crippen LogP contribution in [0.25, 0.3) is 5.65 Å². The van der Waals surface area contributed by atoms with Gasteiger partial charge in [-0.05, 0) is 24.6 Å². The molecule has 0 saturated heterocycles. The van der Waals surface area contributed by atoms with Crippen molar-refractivity contribution in [2.45, 2.75) is 19.6 Å². The molecule has 0 saturated carbocycles. The third-order valence-corrected chi connectivity index (χ3v) is 4.65. The van der Waals surface area contributed by atoms with E-state index < -0.39 is 12.1 Å². The van der Waals surface area contributed by atoms with Crippen molar-refractivity contribution in [1.82, 2.24) is 14.6 Å². The summed E-state index contributed by atoms with van der Waals surface area (Å²) in [6.07, 6.45) is 1.01. The molecule has 1 atom stereocenters. The van der Waals surface area contributed by atoms with Gasteiger partial charge >= 0.3 is 5.97 Å². The standard InChI is InChI=1S/C19H23N7O3/c1-10-8-28-9-11-4-12(21-2)17(20)13(5-11)24-16-6-14(22-3)18-23-7-15(19(27)29-10)26(18)25-16/h4-7,10,21-22H,8-9,20H2,1-3H3,(H,24,25). The fourth-order valence-corrected chi connectivity index (χ4v) is 3.22. The summed E-state index contributed by atoms with van der Waals surface area (Å²) in [5.41, 5.74) is 10.7. The minimum absolute atomic E-state index is 0.224. The molecule has 4 rings (SSSR count). The van der Waals surface area contributed by atoms with Crippen molar-refractivity contribution in [2.75, 3.05) is 42.4 Å². The molecule has 10 heteroatoms. The van der Waals surface area contributed by atoms with Crippen molar-refractivity contribution in [3.8, 4) is 0 Å². The van der Waals surface area contributed by atoms with Crippen LogP contribution in [0.3, 0.4) is 0 Å². The maximum atomic E-state index is 12.6. The van der Waals surface area contributed by atoms with E-state index in [1.807, 2.05) is 12.1 Å². The molecule has 0 aliphatic carbocycles. The SMILES string of the molecule is CNc1cc2cc(c1N)Nc1cc(NC)c3ncc(n3n1)C(=O)OC(C)COC2. The first-order valence-electron chi connectivity index (χ1n) is 9.22. The first kappa shape index (κ1) is 18.8. The van der Waals surface area contributed by atoms with Crippen LogP contribution in [0.5, 0.6) is 0 Å². The number of nitrogens with two attached hydrogens (primary N) is 1. The van der Waals surface area contributed by atoms with Gasteiger partial charge in [-0.2, -0.15) is 0 Å². The van der Waals surface area contributed by atoms with Gasteiger partial charge in [0.1, 0.15) is 6.10 Å². The lowest BCUT2D eigenvalue weighted by Gasteiger charge is -2.18. The third-order valence-electron chi connectivity index (χ3n) is 4.65. The fourth-order valence-electron chi connectivity index (χ4n) is 3.22. The van der Waals surface area contributed by atoms with Crippen molar-refractivity contribution in [3.63, 3.8) is 0 Å². The van der Waals surface area contributed by atoms with E-state index >= 15 is 0 Å². The molecule has 10 nitrogen and oxygen atoms in total. The Bertz CT molecular complexity index is 1080. The van der Waals surface area contributed by atoms with Crippen molar-refractivity contribution in [1.29, 1.82) is 0 Å². The Balaban J connectivity index is 1.90. The van der Waals surface area contributed by atoms with E-state index in [1.54, 1.807) is 27.1 Å². The number of ether oxygens (including phenoxy) is 2. The minimum Gasteiger partial charge on any atom is -0.455 e. The second-order valence-corrected chi connectivity index (χ2v) is 6.78. The number of carbonyl (C=O) groups excluding carboxylic acids is 1. The Labute approximate surface area is 167 Å². The highest BCUT2D eigenvalue weighted by Gasteiger charge is 2.21. The molecule has 1 unspecified atom stereocenters. The molecule has 1 aliphatic rings. The zero-order valence-electron chi connectivity index (χ0n) is 16.4. The normalized spacial score (nSPS) is 16.8. The molecule has 0 spiro atoms. The highest BCUT2D eigenvalue weighted by molar-refractivity contribution is 5.90. The number of imidazole rings is 1. The van der Waals surface area contributed by atoms with Crippen LogP contribution in [-0.2, 0) is 16.1 Å². The number of benzene rings is 1. The Morgan fingerprint density at radius 2 is 2.03 bits per heavy atom. The van der Waals surface area contributed by atoms with E-state index in [0.717, 1.165) is 11.3 Å². The average Bonchev–Trinajstić information content (AvgIpc) is 3.13. The van der Waals surface area contributed by atoms with Gasteiger partial charge < -0.3 is 31.2 Å². The number of anilines is 5. The smallest absolute Gasteiger partial charge is 0.359 e. The predicted octanol–water partition coefficient (Wildman–Crippen LogP) is 2.21. The number of carbonyl (C=O) groups is 1. The van der Waals surface area contributed by atoms with Crippen LogP contribution in [-0.4, -0.2) is 47.4 Å². The summed E-state index contributed by atoms with van der Waals surface area (Å²) in [4.78, 5) is 16.9. The van der Waals surface area contributed by atoms with Crippen LogP contribution in [0.4, 0.5) is 28.6 Å². The Kier molecular flexibility index (Phi) is 4.85. The number of nitrogens with zero attached hydrogens (tertiary/aromatic N) is 3. The van der Waals surface area contributed by atoms with E-state index in [0.29, 0.717) is 35.1 Å². The van der Waals surface area contributed by atoms with E-state index in [-0.39, 0.29) is 12.3 Å². The fraction of sp³-hybridized carbons (Fsp3) is 0.316. The molecule has 3 heterocycles. The van der Waals surface area contributed by atoms with Crippen LogP contribution >= 0.6 is 0 Å². The van der Waals surface area contributed by atoms with Crippen molar-refractivity contribution in [3.05, 3.63) is 35.7 Å². The van der Waals surface area contributed by atoms with E-state index in [1.165, 1.54) is 10.7 Å². The average molecular weight is 397 g/mol. The quantitative estimate of drug-likeness (QED) is 0.380. The maximum Gasteiger partial charge on any atom is 0.359 e. The van der Waals surface area contributed by atoms with Crippen LogP contribution in [0, 0.1) is 0 Å². The van der Waals surface area contributed by atoms with Gasteiger partial charge in [-0.15, -0.1) is 5.10 Å². The number of rotatable bonds is 2. The van der Waals surface area contributed by atoms with Gasteiger partial charge in [-0.1, -0.05) is 0 Å². The summed E-state index contributed by atoms with van der Waals surface area (Å²) in [6.45, 7) is 2.38. The zero-order chi connectivity index (χ0) is 20.5. The summed E-state index contributed by atoms with van der Waals surface area (Å²) >= 11 is 0. The number of nitrogens with one attached hydrogen (secondary N) is 3. The van der Waals surface area contributed by atoms with Crippen molar-refractivity contribution < 1.29 is 14.3 Å². The molecule has 152 valence electrons. The summed E-state index contributed by atoms with van der Waals surface area (Å²) in [5.74, 6) is -0.0290. The molecule has 1 aromatic carbocycles. The molecule has 0 radical (unpaired) electrons. The lowest BCUT2D eigenvalue weighted by atomic mass is 10.1. The molecule has 5 N–H and O–H groups in total. The largest absolute Gasteiger partial charge is 0.455 e. The summed E-state index contributed by atoms with van der Waals surface area (Å²) in [7, 11) is 3.58. The van der Waals surface area contributed by atoms with Crippen LogP contribution in [0.1, 0.15) is 23.0 Å². The van der Waals surface area contributed by atoms with Gasteiger partial charge in [0.2, 0.25) is 0 Å². The second kappa shape index (κ2) is 7.47. The number of esters is 1. The number of hydrogen-bond donors (Lipinski definition) is 4. The number of hydrogen-bond acceptors (Lipinski definition) is 9. The minimum atomic E-state index is -0.520. The Morgan fingerprint density at radius 3 is 2.79 bits per heavy atom. The summed E-state index contributed by atoms with van der Waals surface area (Å²) < 4.78 is 12.7. The molecule has 29 heavy (non-hydrogen) atoms. The van der Waals surface area contributed by atoms with Crippen molar-refractivity contribution >= 4 is 40.2 Å². The Hall–Kier alpha value is -3.53. The predicted molar refractivity (Wildman–Crippen MR) is 111 cm³/mol. The molecular weight excluding hydrogens is 374 g/mol. The number of aromatic nitrogens is 3. The first-order valence-corrected chi connectivity index (χ1v) is 9.22. The van der Waals surface area contributed by atoms with E-state index in [2.05, 4.69) is 26.0 Å². The Morgan fingerprint density at radius 1 is 1.24 bits per heavy atom. The lowest BCUT2D eigenvalue weighted by molar-refractivity contribution is -0.00230. The van der Waals surface area contributed by atoms with Gasteiger partial charge in [0, 0.05) is 20.2 Å². The van der Waals surface area contributed by atoms with Gasteiger partial charge in [0.05, 0.1) is 42.2 Å². The van der Waals surface area contributed by atoms with Crippen LogP contribution in [0.2, 0.25) is 0 Å². The van der Waals surface area contributed by atoms with Crippen molar-refractivity contribution in [2.24, 2.45) is 0 Å². The van der Waals surface area contributed by atoms with Crippen LogP contribution < -0.4 is 21.7 Å². The van der Waals surface area contributed by atoms with Gasteiger partial charge in [-0.3, -0.25) is 0 Å². The maximum absolute atomic E-state index is 12.6. The third kappa shape index (κ3) is 3.49. The first-order chi connectivity index (χ1) is 14.0. The molecule has 0 amide bonds. The highest BCUT2D eigenvalue weighted by Crippen LogP contribution is 2.32. The highest BCUT2D eigenvalue weighted by atomic mass is 16.6. The topological polar surface area (TPSA) is 128 Å². The monoisotopic (exact) mass is 397 g/mol. The van der Waals surface area contributed by atoms with Gasteiger partial charge in [0.25, 0.3) is 0 Å². The summed E-state index contributed by atoms with van der Waals surface area (Å²) in [6, 6.07) is 5.64. The molecular formula is C19H23N7O3. The van der Waals surface area contributed by atoms with E-state index in [4.69, 9.17) is 15.2 Å².